The molecule has 0 aliphatic carbocycles. The van der Waals surface area contributed by atoms with Crippen LogP contribution >= 0.6 is 11.3 Å². The van der Waals surface area contributed by atoms with Gasteiger partial charge in [0.05, 0.1) is 28.5 Å². The lowest BCUT2D eigenvalue weighted by Gasteiger charge is -2.06. The average molecular weight is 401 g/mol. The van der Waals surface area contributed by atoms with Gasteiger partial charge in [-0.2, -0.15) is 5.10 Å². The highest BCUT2D eigenvalue weighted by molar-refractivity contribution is 7.10. The van der Waals surface area contributed by atoms with E-state index in [0.717, 1.165) is 10.9 Å². The summed E-state index contributed by atoms with van der Waals surface area (Å²) >= 11 is 1.37. The number of nitrogens with zero attached hydrogens (tertiary/aromatic N) is 2. The molecule has 0 spiro atoms. The maximum Gasteiger partial charge on any atom is 0.308 e. The van der Waals surface area contributed by atoms with Crippen LogP contribution in [0.3, 0.4) is 0 Å². The lowest BCUT2D eigenvalue weighted by atomic mass is 10.1. The molecule has 3 heterocycles. The Bertz CT molecular complexity index is 1430. The Kier molecular flexibility index (Phi) is 4.03. The van der Waals surface area contributed by atoms with E-state index in [9.17, 15) is 14.7 Å². The van der Waals surface area contributed by atoms with Gasteiger partial charge in [0.2, 0.25) is 0 Å². The van der Waals surface area contributed by atoms with Gasteiger partial charge in [-0.15, -0.1) is 11.3 Å². The third-order valence-corrected chi connectivity index (χ3v) is 5.76. The highest BCUT2D eigenvalue weighted by Gasteiger charge is 2.21. The van der Waals surface area contributed by atoms with Crippen LogP contribution in [0.1, 0.15) is 4.88 Å². The first-order chi connectivity index (χ1) is 14.1. The van der Waals surface area contributed by atoms with Crippen molar-refractivity contribution in [2.75, 3.05) is 0 Å². The monoisotopic (exact) mass is 401 g/mol. The number of thiophene rings is 1. The molecule has 0 aliphatic heterocycles. The molecule has 0 saturated carbocycles. The van der Waals surface area contributed by atoms with E-state index in [2.05, 4.69) is 4.98 Å². The van der Waals surface area contributed by atoms with Gasteiger partial charge >= 0.3 is 5.97 Å². The van der Waals surface area contributed by atoms with Gasteiger partial charge in [0.25, 0.3) is 5.56 Å². The maximum absolute atomic E-state index is 13.0. The minimum absolute atomic E-state index is 0.101. The molecule has 0 unspecified atom stereocenters. The van der Waals surface area contributed by atoms with Crippen molar-refractivity contribution in [1.82, 2.24) is 14.8 Å². The van der Waals surface area contributed by atoms with Crippen LogP contribution in [-0.4, -0.2) is 25.8 Å². The Morgan fingerprint density at radius 2 is 1.83 bits per heavy atom. The Hall–Kier alpha value is -3.71. The molecule has 2 aromatic carbocycles. The molecule has 29 heavy (non-hydrogen) atoms. The van der Waals surface area contributed by atoms with E-state index in [4.69, 9.17) is 5.10 Å². The molecule has 6 nitrogen and oxygen atoms in total. The fourth-order valence-corrected chi connectivity index (χ4v) is 4.47. The summed E-state index contributed by atoms with van der Waals surface area (Å²) < 4.78 is 1.71. The summed E-state index contributed by atoms with van der Waals surface area (Å²) in [5.41, 5.74) is 3.24. The average Bonchev–Trinajstić information content (AvgIpc) is 3.33. The molecule has 2 N–H and O–H groups in total. The molecule has 0 bridgehead atoms. The van der Waals surface area contributed by atoms with E-state index in [1.165, 1.54) is 11.3 Å². The predicted molar refractivity (Wildman–Crippen MR) is 114 cm³/mol. The number of pyridine rings is 1. The number of benzene rings is 2. The van der Waals surface area contributed by atoms with Crippen molar-refractivity contribution < 1.29 is 9.90 Å². The number of aromatic amines is 1. The number of nitrogens with one attached hydrogen (secondary N) is 1. The Morgan fingerprint density at radius 1 is 1.07 bits per heavy atom. The van der Waals surface area contributed by atoms with Crippen molar-refractivity contribution >= 4 is 39.1 Å². The molecule has 0 fully saturated rings. The molecule has 5 aromatic rings. The van der Waals surface area contributed by atoms with Gasteiger partial charge in [-0.3, -0.25) is 9.59 Å². The van der Waals surface area contributed by atoms with E-state index in [1.807, 2.05) is 66.0 Å². The van der Waals surface area contributed by atoms with Crippen molar-refractivity contribution in [3.05, 3.63) is 81.3 Å². The predicted octanol–water partition coefficient (Wildman–Crippen LogP) is 4.22. The molecular weight excluding hydrogens is 386 g/mol. The summed E-state index contributed by atoms with van der Waals surface area (Å²) in [6, 6.07) is 18.9. The van der Waals surface area contributed by atoms with E-state index in [0.29, 0.717) is 32.7 Å². The zero-order valence-electron chi connectivity index (χ0n) is 15.1. The third-order valence-electron chi connectivity index (χ3n) is 4.85. The van der Waals surface area contributed by atoms with Crippen LogP contribution in [0.25, 0.3) is 38.8 Å². The standard InChI is InChI=1S/C22H15N3O3S/c26-18(27)12-17-16(10-11-29-17)25-21-14-8-4-5-9-15(14)23-22(28)19(21)20(24-25)13-6-2-1-3-7-13/h1-11H,12H2,(H,23,28)(H,26,27). The Balaban J connectivity index is 1.93. The molecule has 142 valence electrons. The van der Waals surface area contributed by atoms with Gasteiger partial charge in [0.1, 0.15) is 5.69 Å². The van der Waals surface area contributed by atoms with Crippen LogP contribution in [0.4, 0.5) is 0 Å². The molecular formula is C22H15N3O3S. The van der Waals surface area contributed by atoms with Crippen LogP contribution in [0.15, 0.2) is 70.8 Å². The largest absolute Gasteiger partial charge is 0.481 e. The summed E-state index contributed by atoms with van der Waals surface area (Å²) in [4.78, 5) is 28.0. The number of H-pyrrole nitrogens is 1. The fraction of sp³-hybridized carbons (Fsp3) is 0.0455. The maximum atomic E-state index is 13.0. The lowest BCUT2D eigenvalue weighted by molar-refractivity contribution is -0.136. The highest BCUT2D eigenvalue weighted by Crippen LogP contribution is 2.33. The normalized spacial score (nSPS) is 11.3. The number of hydrogen-bond acceptors (Lipinski definition) is 4. The summed E-state index contributed by atoms with van der Waals surface area (Å²) in [7, 11) is 0. The zero-order valence-corrected chi connectivity index (χ0v) is 15.9. The number of aromatic nitrogens is 3. The molecule has 0 atom stereocenters. The number of rotatable bonds is 4. The van der Waals surface area contributed by atoms with Gasteiger partial charge in [-0.25, -0.2) is 4.68 Å². The van der Waals surface area contributed by atoms with Gasteiger partial charge in [-0.05, 0) is 17.5 Å². The second kappa shape index (κ2) is 6.72. The smallest absolute Gasteiger partial charge is 0.308 e. The molecule has 0 aliphatic rings. The van der Waals surface area contributed by atoms with Gasteiger partial charge in [0.15, 0.2) is 0 Å². The molecule has 0 saturated heterocycles. The highest BCUT2D eigenvalue weighted by atomic mass is 32.1. The minimum atomic E-state index is -0.906. The van der Waals surface area contributed by atoms with Gasteiger partial charge in [0, 0.05) is 15.8 Å². The van der Waals surface area contributed by atoms with Crippen molar-refractivity contribution in [1.29, 1.82) is 0 Å². The van der Waals surface area contributed by atoms with Crippen LogP contribution in [-0.2, 0) is 11.2 Å². The van der Waals surface area contributed by atoms with Crippen molar-refractivity contribution in [3.63, 3.8) is 0 Å². The molecule has 0 radical (unpaired) electrons. The number of carbonyl (C=O) groups is 1. The van der Waals surface area contributed by atoms with Crippen LogP contribution in [0, 0.1) is 0 Å². The first kappa shape index (κ1) is 17.4. The lowest BCUT2D eigenvalue weighted by Crippen LogP contribution is -2.08. The van der Waals surface area contributed by atoms with Gasteiger partial charge in [-0.1, -0.05) is 48.5 Å². The van der Waals surface area contributed by atoms with Crippen LogP contribution in [0.2, 0.25) is 0 Å². The SMILES string of the molecule is O=C(O)Cc1sccc1-n1nc(-c2ccccc2)c2c(=O)[nH]c3ccccc3c21. The number of fused-ring (bicyclic) bond motifs is 3. The van der Waals surface area contributed by atoms with Crippen molar-refractivity contribution in [2.24, 2.45) is 0 Å². The molecule has 0 amide bonds. The van der Waals surface area contributed by atoms with E-state index < -0.39 is 5.97 Å². The van der Waals surface area contributed by atoms with Crippen molar-refractivity contribution in [2.45, 2.75) is 6.42 Å². The van der Waals surface area contributed by atoms with E-state index >= 15 is 0 Å². The first-order valence-corrected chi connectivity index (χ1v) is 9.89. The Labute approximate surface area is 168 Å². The van der Waals surface area contributed by atoms with Crippen LogP contribution < -0.4 is 5.56 Å². The molecule has 5 rings (SSSR count). The number of aliphatic carboxylic acids is 1. The summed E-state index contributed by atoms with van der Waals surface area (Å²) in [6.45, 7) is 0. The molecule has 7 heteroatoms. The van der Waals surface area contributed by atoms with E-state index in [-0.39, 0.29) is 12.0 Å². The minimum Gasteiger partial charge on any atom is -0.481 e. The summed E-state index contributed by atoms with van der Waals surface area (Å²) in [6.07, 6.45) is -0.101. The zero-order chi connectivity index (χ0) is 20.0. The van der Waals surface area contributed by atoms with Crippen LogP contribution in [0.5, 0.6) is 0 Å². The second-order valence-corrected chi connectivity index (χ2v) is 7.65. The molecule has 3 aromatic heterocycles. The first-order valence-electron chi connectivity index (χ1n) is 9.01. The van der Waals surface area contributed by atoms with Crippen molar-refractivity contribution in [3.8, 4) is 16.9 Å². The summed E-state index contributed by atoms with van der Waals surface area (Å²) in [5.74, 6) is -0.906. The van der Waals surface area contributed by atoms with E-state index in [1.54, 1.807) is 4.68 Å². The fourth-order valence-electron chi connectivity index (χ4n) is 3.63. The van der Waals surface area contributed by atoms with Gasteiger partial charge < -0.3 is 10.1 Å². The third kappa shape index (κ3) is 2.83. The number of para-hydroxylation sites is 1. The number of hydrogen-bond donors (Lipinski definition) is 2. The topological polar surface area (TPSA) is 88.0 Å². The number of carboxylic acid groups (broad SMARTS) is 1. The second-order valence-electron chi connectivity index (χ2n) is 6.65. The number of carboxylic acids is 1. The summed E-state index contributed by atoms with van der Waals surface area (Å²) in [5, 5.41) is 17.3. The Morgan fingerprint density at radius 3 is 2.62 bits per heavy atom. The quantitative estimate of drug-likeness (QED) is 0.472.